The molecule has 0 heterocycles. The second-order valence-corrected chi connectivity index (χ2v) is 4.77. The largest absolute Gasteiger partial charge is 0.508 e. The monoisotopic (exact) mass is 251 g/mol. The van der Waals surface area contributed by atoms with Gasteiger partial charge in [-0.3, -0.25) is 10.7 Å². The van der Waals surface area contributed by atoms with E-state index in [4.69, 9.17) is 15.9 Å². The first kappa shape index (κ1) is 13.8. The Morgan fingerprint density at radius 3 is 2.56 bits per heavy atom. The van der Waals surface area contributed by atoms with Crippen LogP contribution in [0.3, 0.4) is 0 Å². The summed E-state index contributed by atoms with van der Waals surface area (Å²) in [4.78, 5) is 11.6. The van der Waals surface area contributed by atoms with Crippen molar-refractivity contribution in [3.63, 3.8) is 0 Å². The number of rotatable bonds is 2. The maximum atomic E-state index is 11.6. The number of nitrogens with one attached hydrogen (secondary N) is 2. The van der Waals surface area contributed by atoms with Crippen LogP contribution in [0.15, 0.2) is 18.2 Å². The van der Waals surface area contributed by atoms with Gasteiger partial charge in [-0.25, -0.2) is 4.79 Å². The molecule has 0 unspecified atom stereocenters. The molecule has 1 aromatic rings. The van der Waals surface area contributed by atoms with E-state index in [1.54, 1.807) is 20.8 Å². The molecular formula is C12H17N3O3. The number of carbonyl (C=O) groups excluding carboxylic acids is 1. The average molecular weight is 251 g/mol. The number of anilines is 1. The molecule has 6 heteroatoms. The highest BCUT2D eigenvalue weighted by Crippen LogP contribution is 2.22. The van der Waals surface area contributed by atoms with E-state index in [1.165, 1.54) is 18.2 Å². The molecule has 6 nitrogen and oxygen atoms in total. The van der Waals surface area contributed by atoms with Gasteiger partial charge in [0.25, 0.3) is 0 Å². The van der Waals surface area contributed by atoms with Gasteiger partial charge in [0.15, 0.2) is 0 Å². The molecule has 18 heavy (non-hydrogen) atoms. The highest BCUT2D eigenvalue weighted by atomic mass is 16.6. The van der Waals surface area contributed by atoms with Gasteiger partial charge in [0.1, 0.15) is 17.2 Å². The number of ether oxygens (including phenoxy) is 1. The first-order valence-corrected chi connectivity index (χ1v) is 5.36. The van der Waals surface area contributed by atoms with Crippen LogP contribution in [0.25, 0.3) is 0 Å². The number of nitrogens with two attached hydrogens (primary N) is 1. The molecule has 98 valence electrons. The number of hydrogen-bond donors (Lipinski definition) is 4. The molecule has 0 spiro atoms. The predicted molar refractivity (Wildman–Crippen MR) is 69.0 cm³/mol. The third-order valence-corrected chi connectivity index (χ3v) is 1.93. The Balaban J connectivity index is 2.93. The second-order valence-electron chi connectivity index (χ2n) is 4.77. The van der Waals surface area contributed by atoms with Crippen LogP contribution in [0.2, 0.25) is 0 Å². The van der Waals surface area contributed by atoms with Gasteiger partial charge >= 0.3 is 6.09 Å². The second kappa shape index (κ2) is 4.95. The number of phenolic OH excluding ortho intramolecular Hbond substituents is 1. The van der Waals surface area contributed by atoms with Crippen molar-refractivity contribution in [2.45, 2.75) is 26.4 Å². The molecule has 0 aliphatic carbocycles. The summed E-state index contributed by atoms with van der Waals surface area (Å²) >= 11 is 0. The van der Waals surface area contributed by atoms with Crippen LogP contribution in [0.5, 0.6) is 5.75 Å². The summed E-state index contributed by atoms with van der Waals surface area (Å²) in [7, 11) is 0. The Kier molecular flexibility index (Phi) is 3.80. The van der Waals surface area contributed by atoms with Crippen LogP contribution in [-0.2, 0) is 4.74 Å². The maximum absolute atomic E-state index is 11.6. The number of benzene rings is 1. The van der Waals surface area contributed by atoms with E-state index >= 15 is 0 Å². The highest BCUT2D eigenvalue weighted by molar-refractivity contribution is 6.03. The number of hydrogen-bond acceptors (Lipinski definition) is 4. The normalized spacial score (nSPS) is 10.8. The zero-order valence-electron chi connectivity index (χ0n) is 10.6. The van der Waals surface area contributed by atoms with Crippen LogP contribution in [-0.4, -0.2) is 22.6 Å². The topological polar surface area (TPSA) is 108 Å². The molecular weight excluding hydrogens is 234 g/mol. The first-order chi connectivity index (χ1) is 8.19. The predicted octanol–water partition coefficient (Wildman–Crippen LogP) is 2.02. The van der Waals surface area contributed by atoms with Crippen molar-refractivity contribution < 1.29 is 14.6 Å². The molecule has 1 aromatic carbocycles. The van der Waals surface area contributed by atoms with Gasteiger partial charge in [-0.2, -0.15) is 0 Å². The minimum absolute atomic E-state index is 0.0361. The van der Waals surface area contributed by atoms with Gasteiger partial charge < -0.3 is 15.6 Å². The SMILES string of the molecule is CC(C)(C)OC(=O)Nc1cc(O)ccc1C(=N)N. The molecule has 0 aliphatic heterocycles. The van der Waals surface area contributed by atoms with Crippen molar-refractivity contribution in [1.29, 1.82) is 5.41 Å². The number of nitrogen functional groups attached to an aromatic ring is 1. The lowest BCUT2D eigenvalue weighted by atomic mass is 10.1. The van der Waals surface area contributed by atoms with Crippen LogP contribution < -0.4 is 11.1 Å². The van der Waals surface area contributed by atoms with Crippen LogP contribution >= 0.6 is 0 Å². The number of carbonyl (C=O) groups is 1. The van der Waals surface area contributed by atoms with Crippen LogP contribution in [0, 0.1) is 5.41 Å². The highest BCUT2D eigenvalue weighted by Gasteiger charge is 2.17. The molecule has 0 atom stereocenters. The van der Waals surface area contributed by atoms with Crippen molar-refractivity contribution in [3.8, 4) is 5.75 Å². The van der Waals surface area contributed by atoms with E-state index in [2.05, 4.69) is 5.32 Å². The minimum Gasteiger partial charge on any atom is -0.508 e. The molecule has 1 amide bonds. The Bertz CT molecular complexity index is 478. The van der Waals surface area contributed by atoms with E-state index in [9.17, 15) is 9.90 Å². The van der Waals surface area contributed by atoms with Gasteiger partial charge in [0, 0.05) is 11.6 Å². The Labute approximate surface area is 105 Å². The zero-order chi connectivity index (χ0) is 13.9. The minimum atomic E-state index is -0.671. The lowest BCUT2D eigenvalue weighted by Crippen LogP contribution is -2.28. The molecule has 0 radical (unpaired) electrons. The van der Waals surface area contributed by atoms with Gasteiger partial charge in [-0.1, -0.05) is 0 Å². The summed E-state index contributed by atoms with van der Waals surface area (Å²) in [5.74, 6) is -0.243. The van der Waals surface area contributed by atoms with Crippen molar-refractivity contribution in [2.24, 2.45) is 5.73 Å². The number of amides is 1. The molecule has 0 bridgehead atoms. The van der Waals surface area contributed by atoms with Crippen LogP contribution in [0.1, 0.15) is 26.3 Å². The fourth-order valence-electron chi connectivity index (χ4n) is 1.28. The third kappa shape index (κ3) is 3.97. The van der Waals surface area contributed by atoms with E-state index in [0.717, 1.165) is 0 Å². The number of amidine groups is 1. The lowest BCUT2D eigenvalue weighted by Gasteiger charge is -2.20. The summed E-state index contributed by atoms with van der Waals surface area (Å²) in [5, 5.41) is 19.2. The quantitative estimate of drug-likeness (QED) is 0.476. The van der Waals surface area contributed by atoms with Crippen molar-refractivity contribution in [1.82, 2.24) is 0 Å². The maximum Gasteiger partial charge on any atom is 0.412 e. The van der Waals surface area contributed by atoms with E-state index in [0.29, 0.717) is 5.56 Å². The summed E-state index contributed by atoms with van der Waals surface area (Å²) in [6.07, 6.45) is -0.671. The van der Waals surface area contributed by atoms with E-state index in [1.807, 2.05) is 0 Å². The lowest BCUT2D eigenvalue weighted by molar-refractivity contribution is 0.0636. The van der Waals surface area contributed by atoms with E-state index < -0.39 is 11.7 Å². The first-order valence-electron chi connectivity index (χ1n) is 5.36. The molecule has 0 aromatic heterocycles. The van der Waals surface area contributed by atoms with Crippen molar-refractivity contribution >= 4 is 17.6 Å². The smallest absolute Gasteiger partial charge is 0.412 e. The standard InChI is InChI=1S/C12H17N3O3/c1-12(2,3)18-11(17)15-9-6-7(16)4-5-8(9)10(13)14/h4-6,16H,1-3H3,(H3,13,14)(H,15,17). The summed E-state index contributed by atoms with van der Waals surface area (Å²) in [6.45, 7) is 5.21. The fraction of sp³-hybridized carbons (Fsp3) is 0.333. The zero-order valence-corrected chi connectivity index (χ0v) is 10.6. The number of phenols is 1. The Hall–Kier alpha value is -2.24. The van der Waals surface area contributed by atoms with Gasteiger partial charge in [0.05, 0.1) is 5.69 Å². The molecule has 0 saturated heterocycles. The Morgan fingerprint density at radius 2 is 2.06 bits per heavy atom. The average Bonchev–Trinajstić information content (AvgIpc) is 2.13. The van der Waals surface area contributed by atoms with Crippen molar-refractivity contribution in [3.05, 3.63) is 23.8 Å². The molecule has 0 saturated carbocycles. The molecule has 0 fully saturated rings. The molecule has 1 rings (SSSR count). The summed E-state index contributed by atoms with van der Waals surface area (Å²) in [5.41, 5.74) is 5.30. The third-order valence-electron chi connectivity index (χ3n) is 1.93. The van der Waals surface area contributed by atoms with Gasteiger partial charge in [0.2, 0.25) is 0 Å². The van der Waals surface area contributed by atoms with Crippen molar-refractivity contribution in [2.75, 3.05) is 5.32 Å². The van der Waals surface area contributed by atoms with E-state index in [-0.39, 0.29) is 17.3 Å². The summed E-state index contributed by atoms with van der Waals surface area (Å²) in [6, 6.07) is 4.14. The van der Waals surface area contributed by atoms with Gasteiger partial charge in [-0.05, 0) is 32.9 Å². The van der Waals surface area contributed by atoms with Crippen LogP contribution in [0.4, 0.5) is 10.5 Å². The molecule has 0 aliphatic rings. The number of aromatic hydroxyl groups is 1. The summed E-state index contributed by atoms with van der Waals surface area (Å²) < 4.78 is 5.07. The van der Waals surface area contributed by atoms with Gasteiger partial charge in [-0.15, -0.1) is 0 Å². The fourth-order valence-corrected chi connectivity index (χ4v) is 1.28. The Morgan fingerprint density at radius 1 is 1.44 bits per heavy atom. The molecule has 5 N–H and O–H groups in total.